The van der Waals surface area contributed by atoms with E-state index in [2.05, 4.69) is 11.2 Å². The second-order valence-electron chi connectivity index (χ2n) is 4.66. The summed E-state index contributed by atoms with van der Waals surface area (Å²) in [4.78, 5) is 12.3. The third-order valence-corrected chi connectivity index (χ3v) is 3.13. The number of nitriles is 1. The smallest absolute Gasteiger partial charge is 0.276 e. The monoisotopic (exact) mass is 264 g/mol. The fourth-order valence-corrected chi connectivity index (χ4v) is 2.21. The van der Waals surface area contributed by atoms with Crippen LogP contribution in [0, 0.1) is 18.3 Å². The average Bonchev–Trinajstić information content (AvgIpc) is 2.84. The molecule has 0 radical (unpaired) electrons. The Morgan fingerprint density at radius 3 is 2.95 bits per heavy atom. The van der Waals surface area contributed by atoms with Gasteiger partial charge in [0.15, 0.2) is 0 Å². The van der Waals surface area contributed by atoms with Crippen molar-refractivity contribution in [3.05, 3.63) is 69.9 Å². The van der Waals surface area contributed by atoms with Gasteiger partial charge in [0.1, 0.15) is 5.52 Å². The minimum absolute atomic E-state index is 0.0875. The van der Waals surface area contributed by atoms with E-state index >= 15 is 0 Å². The van der Waals surface area contributed by atoms with Gasteiger partial charge in [0, 0.05) is 12.4 Å². The summed E-state index contributed by atoms with van der Waals surface area (Å²) in [7, 11) is 0. The summed E-state index contributed by atoms with van der Waals surface area (Å²) < 4.78 is 3.20. The van der Waals surface area contributed by atoms with Crippen molar-refractivity contribution >= 4 is 5.52 Å². The SMILES string of the molecule is Cc1cc2c(=O)n(Cc3cccc(C#N)c3)ccn2n1. The molecule has 0 aliphatic rings. The molecule has 98 valence electrons. The van der Waals surface area contributed by atoms with Gasteiger partial charge in [-0.05, 0) is 30.7 Å². The lowest BCUT2D eigenvalue weighted by molar-refractivity contribution is 0.741. The topological polar surface area (TPSA) is 63.1 Å². The quantitative estimate of drug-likeness (QED) is 0.708. The third-order valence-electron chi connectivity index (χ3n) is 3.13. The van der Waals surface area contributed by atoms with Crippen molar-refractivity contribution in [3.63, 3.8) is 0 Å². The Morgan fingerprint density at radius 1 is 1.30 bits per heavy atom. The van der Waals surface area contributed by atoms with Gasteiger partial charge >= 0.3 is 0 Å². The number of hydrogen-bond acceptors (Lipinski definition) is 3. The molecule has 0 aliphatic heterocycles. The summed E-state index contributed by atoms with van der Waals surface area (Å²) in [5.41, 5.74) is 2.80. The number of fused-ring (bicyclic) bond motifs is 1. The van der Waals surface area contributed by atoms with Crippen LogP contribution in [0.15, 0.2) is 47.5 Å². The summed E-state index contributed by atoms with van der Waals surface area (Å²) >= 11 is 0. The van der Waals surface area contributed by atoms with Crippen molar-refractivity contribution in [2.75, 3.05) is 0 Å². The minimum Gasteiger partial charge on any atom is -0.308 e. The Hall–Kier alpha value is -2.87. The molecule has 0 aliphatic carbocycles. The molecule has 0 fully saturated rings. The van der Waals surface area contributed by atoms with Crippen LogP contribution in [0.2, 0.25) is 0 Å². The number of benzene rings is 1. The van der Waals surface area contributed by atoms with Crippen molar-refractivity contribution in [1.82, 2.24) is 14.2 Å². The van der Waals surface area contributed by atoms with Gasteiger partial charge in [0.2, 0.25) is 0 Å². The van der Waals surface area contributed by atoms with E-state index in [-0.39, 0.29) is 5.56 Å². The molecule has 0 saturated heterocycles. The Bertz CT molecular complexity index is 883. The molecule has 0 atom stereocenters. The Balaban J connectivity index is 2.04. The van der Waals surface area contributed by atoms with Gasteiger partial charge in [-0.1, -0.05) is 12.1 Å². The largest absolute Gasteiger partial charge is 0.308 e. The van der Waals surface area contributed by atoms with Gasteiger partial charge in [0.05, 0.1) is 23.9 Å². The molecule has 0 unspecified atom stereocenters. The molecule has 0 saturated carbocycles. The van der Waals surface area contributed by atoms with Gasteiger partial charge in [-0.25, -0.2) is 4.52 Å². The molecule has 0 spiro atoms. The molecule has 3 aromatic rings. The predicted octanol–water partition coefficient (Wildman–Crippen LogP) is 1.72. The molecule has 2 aromatic heterocycles. The molecule has 2 heterocycles. The summed E-state index contributed by atoms with van der Waals surface area (Å²) in [5, 5.41) is 13.1. The third kappa shape index (κ3) is 2.08. The lowest BCUT2D eigenvalue weighted by atomic mass is 10.1. The highest BCUT2D eigenvalue weighted by molar-refractivity contribution is 5.45. The van der Waals surface area contributed by atoms with E-state index in [0.29, 0.717) is 17.6 Å². The highest BCUT2D eigenvalue weighted by Gasteiger charge is 2.06. The number of aryl methyl sites for hydroxylation is 1. The van der Waals surface area contributed by atoms with Gasteiger partial charge in [-0.3, -0.25) is 4.79 Å². The summed E-state index contributed by atoms with van der Waals surface area (Å²) in [6.45, 7) is 2.29. The van der Waals surface area contributed by atoms with Crippen LogP contribution in [0.4, 0.5) is 0 Å². The second kappa shape index (κ2) is 4.67. The summed E-state index contributed by atoms with van der Waals surface area (Å²) in [6, 6.07) is 11.1. The second-order valence-corrected chi connectivity index (χ2v) is 4.66. The van der Waals surface area contributed by atoms with E-state index < -0.39 is 0 Å². The van der Waals surface area contributed by atoms with Gasteiger partial charge in [-0.2, -0.15) is 10.4 Å². The fraction of sp³-hybridized carbons (Fsp3) is 0.133. The number of hydrogen-bond donors (Lipinski definition) is 0. The van der Waals surface area contributed by atoms with Gasteiger partial charge in [0.25, 0.3) is 5.56 Å². The zero-order valence-electron chi connectivity index (χ0n) is 10.9. The number of aromatic nitrogens is 3. The normalized spacial score (nSPS) is 10.6. The molecule has 0 N–H and O–H groups in total. The van der Waals surface area contributed by atoms with Crippen LogP contribution in [0.25, 0.3) is 5.52 Å². The van der Waals surface area contributed by atoms with E-state index in [1.165, 1.54) is 0 Å². The van der Waals surface area contributed by atoms with Crippen molar-refractivity contribution in [2.24, 2.45) is 0 Å². The molecule has 20 heavy (non-hydrogen) atoms. The molecule has 5 heteroatoms. The van der Waals surface area contributed by atoms with E-state index in [1.54, 1.807) is 39.7 Å². The van der Waals surface area contributed by atoms with E-state index in [4.69, 9.17) is 5.26 Å². The van der Waals surface area contributed by atoms with E-state index in [0.717, 1.165) is 11.3 Å². The van der Waals surface area contributed by atoms with Gasteiger partial charge < -0.3 is 4.57 Å². The molecular formula is C15H12N4O. The zero-order chi connectivity index (χ0) is 14.1. The number of rotatable bonds is 2. The molecule has 1 aromatic carbocycles. The molecule has 0 amide bonds. The summed E-state index contributed by atoms with van der Waals surface area (Å²) in [6.07, 6.45) is 3.47. The van der Waals surface area contributed by atoms with E-state index in [9.17, 15) is 4.79 Å². The predicted molar refractivity (Wildman–Crippen MR) is 74.4 cm³/mol. The first-order valence-corrected chi connectivity index (χ1v) is 6.22. The van der Waals surface area contributed by atoms with Crippen LogP contribution in [0.3, 0.4) is 0 Å². The first kappa shape index (κ1) is 12.2. The average molecular weight is 264 g/mol. The van der Waals surface area contributed by atoms with Crippen LogP contribution in [-0.2, 0) is 6.54 Å². The maximum Gasteiger partial charge on any atom is 0.276 e. The van der Waals surface area contributed by atoms with Crippen LogP contribution in [0.5, 0.6) is 0 Å². The molecule has 5 nitrogen and oxygen atoms in total. The first-order valence-electron chi connectivity index (χ1n) is 6.22. The fourth-order valence-electron chi connectivity index (χ4n) is 2.21. The first-order chi connectivity index (χ1) is 9.67. The maximum atomic E-state index is 12.3. The summed E-state index contributed by atoms with van der Waals surface area (Å²) in [5.74, 6) is 0. The van der Waals surface area contributed by atoms with E-state index in [1.807, 2.05) is 19.1 Å². The number of nitrogens with zero attached hydrogens (tertiary/aromatic N) is 4. The Kier molecular flexibility index (Phi) is 2.84. The Morgan fingerprint density at radius 2 is 2.15 bits per heavy atom. The van der Waals surface area contributed by atoms with Crippen molar-refractivity contribution in [2.45, 2.75) is 13.5 Å². The van der Waals surface area contributed by atoms with Crippen molar-refractivity contribution in [3.8, 4) is 6.07 Å². The van der Waals surface area contributed by atoms with Crippen LogP contribution < -0.4 is 5.56 Å². The lowest BCUT2D eigenvalue weighted by Gasteiger charge is -2.06. The molecule has 3 rings (SSSR count). The molecular weight excluding hydrogens is 252 g/mol. The van der Waals surface area contributed by atoms with Crippen molar-refractivity contribution < 1.29 is 0 Å². The van der Waals surface area contributed by atoms with Crippen LogP contribution in [0.1, 0.15) is 16.8 Å². The maximum absolute atomic E-state index is 12.3. The highest BCUT2D eigenvalue weighted by atomic mass is 16.1. The Labute approximate surface area is 115 Å². The van der Waals surface area contributed by atoms with Crippen LogP contribution >= 0.6 is 0 Å². The highest BCUT2D eigenvalue weighted by Crippen LogP contribution is 2.06. The molecule has 0 bridgehead atoms. The standard InChI is InChI=1S/C15H12N4O/c1-11-7-14-15(20)18(5-6-19(14)17-11)10-13-4-2-3-12(8-13)9-16/h2-8H,10H2,1H3. The lowest BCUT2D eigenvalue weighted by Crippen LogP contribution is -2.21. The van der Waals surface area contributed by atoms with Crippen LogP contribution in [-0.4, -0.2) is 14.2 Å². The zero-order valence-corrected chi connectivity index (χ0v) is 10.9. The van der Waals surface area contributed by atoms with Crippen molar-refractivity contribution in [1.29, 1.82) is 5.26 Å². The van der Waals surface area contributed by atoms with Gasteiger partial charge in [-0.15, -0.1) is 0 Å². The minimum atomic E-state index is -0.0875.